The molecular weight excluding hydrogens is 254 g/mol. The molecule has 2 unspecified atom stereocenters. The highest BCUT2D eigenvalue weighted by molar-refractivity contribution is 6.01. The van der Waals surface area contributed by atoms with Crippen molar-refractivity contribution in [3.63, 3.8) is 0 Å². The summed E-state index contributed by atoms with van der Waals surface area (Å²) < 4.78 is -0.749. The van der Waals surface area contributed by atoms with Crippen LogP contribution in [-0.2, 0) is 12.8 Å². The second-order valence-corrected chi connectivity index (χ2v) is 5.96. The number of hydroxylamine groups is 1. The first-order valence-electron chi connectivity index (χ1n) is 7.15. The minimum atomic E-state index is -0.749. The van der Waals surface area contributed by atoms with Crippen LogP contribution in [0.25, 0.3) is 5.43 Å². The number of aliphatic imine (C=N–C) groups is 1. The maximum absolute atomic E-state index is 12.6. The van der Waals surface area contributed by atoms with Crippen molar-refractivity contribution >= 4 is 17.2 Å². The fraction of sp³-hybridized carbons (Fsp3) is 0.533. The minimum Gasteiger partial charge on any atom is -0.616 e. The molecule has 108 valence electrons. The third kappa shape index (κ3) is 2.32. The van der Waals surface area contributed by atoms with Gasteiger partial charge in [-0.2, -0.15) is 0 Å². The van der Waals surface area contributed by atoms with Crippen LogP contribution in [0.1, 0.15) is 30.9 Å². The van der Waals surface area contributed by atoms with Gasteiger partial charge in [-0.25, -0.2) is 0 Å². The zero-order chi connectivity index (χ0) is 14.3. The average molecular weight is 274 g/mol. The summed E-state index contributed by atoms with van der Waals surface area (Å²) in [6, 6.07) is 4.03. The molecule has 0 aromatic heterocycles. The SMILES string of the molecule is CC1Cc2cc3c(cc2C1)[N+](C)([O-])[N-]C(CCCO)=N3. The van der Waals surface area contributed by atoms with E-state index in [1.165, 1.54) is 18.2 Å². The van der Waals surface area contributed by atoms with Crippen LogP contribution in [0.3, 0.4) is 0 Å². The Morgan fingerprint density at radius 2 is 2.10 bits per heavy atom. The molecule has 0 amide bonds. The number of amidine groups is 1. The number of hydrogen-bond acceptors (Lipinski definition) is 3. The molecule has 0 spiro atoms. The van der Waals surface area contributed by atoms with Gasteiger partial charge < -0.3 is 15.3 Å². The van der Waals surface area contributed by atoms with Crippen molar-refractivity contribution in [2.24, 2.45) is 10.9 Å². The second-order valence-electron chi connectivity index (χ2n) is 5.96. The van der Waals surface area contributed by atoms with Crippen molar-refractivity contribution in [1.82, 2.24) is 4.76 Å². The molecule has 0 saturated heterocycles. The number of rotatable bonds is 3. The summed E-state index contributed by atoms with van der Waals surface area (Å²) in [7, 11) is 1.54. The lowest BCUT2D eigenvalue weighted by Crippen LogP contribution is -2.37. The number of aliphatic hydroxyl groups is 1. The molecule has 1 aromatic rings. The van der Waals surface area contributed by atoms with E-state index in [1.807, 2.05) is 6.07 Å². The molecule has 2 aliphatic rings. The molecule has 5 heteroatoms. The van der Waals surface area contributed by atoms with E-state index >= 15 is 0 Å². The van der Waals surface area contributed by atoms with Crippen LogP contribution in [0.2, 0.25) is 0 Å². The van der Waals surface area contributed by atoms with Crippen LogP contribution < -0.4 is 4.76 Å². The molecule has 0 bridgehead atoms. The topological polar surface area (TPSA) is 69.8 Å². The van der Waals surface area contributed by atoms with E-state index in [0.717, 1.165) is 18.5 Å². The number of benzene rings is 1. The van der Waals surface area contributed by atoms with Gasteiger partial charge in [-0.05, 0) is 54.6 Å². The highest BCUT2D eigenvalue weighted by atomic mass is 16.6. The van der Waals surface area contributed by atoms with Crippen molar-refractivity contribution in [2.45, 2.75) is 32.6 Å². The summed E-state index contributed by atoms with van der Waals surface area (Å²) in [6.45, 7) is 2.32. The van der Waals surface area contributed by atoms with E-state index in [-0.39, 0.29) is 6.61 Å². The molecule has 0 saturated carbocycles. The number of fused-ring (bicyclic) bond motifs is 2. The molecule has 1 aliphatic heterocycles. The maximum atomic E-state index is 12.6. The van der Waals surface area contributed by atoms with Crippen LogP contribution in [0.5, 0.6) is 0 Å². The van der Waals surface area contributed by atoms with Crippen LogP contribution in [-0.4, -0.2) is 24.6 Å². The van der Waals surface area contributed by atoms with Crippen LogP contribution in [0.4, 0.5) is 11.4 Å². The van der Waals surface area contributed by atoms with E-state index in [4.69, 9.17) is 5.11 Å². The summed E-state index contributed by atoms with van der Waals surface area (Å²) >= 11 is 0. The summed E-state index contributed by atoms with van der Waals surface area (Å²) in [6.07, 6.45) is 3.21. The number of aliphatic hydroxyl groups excluding tert-OH is 1. The maximum Gasteiger partial charge on any atom is 0.146 e. The Balaban J connectivity index is 2.01. The van der Waals surface area contributed by atoms with Gasteiger partial charge in [0.05, 0.1) is 7.05 Å². The summed E-state index contributed by atoms with van der Waals surface area (Å²) in [5.74, 6) is 1.17. The van der Waals surface area contributed by atoms with E-state index in [1.54, 1.807) is 0 Å². The normalized spacial score (nSPS) is 27.6. The molecule has 3 rings (SSSR count). The molecule has 20 heavy (non-hydrogen) atoms. The molecule has 2 atom stereocenters. The Labute approximate surface area is 119 Å². The smallest absolute Gasteiger partial charge is 0.146 e. The van der Waals surface area contributed by atoms with Crippen LogP contribution in [0, 0.1) is 11.1 Å². The predicted octanol–water partition coefficient (Wildman–Crippen LogP) is 2.96. The monoisotopic (exact) mass is 274 g/mol. The van der Waals surface area contributed by atoms with Gasteiger partial charge in [0.15, 0.2) is 0 Å². The summed E-state index contributed by atoms with van der Waals surface area (Å²) in [5.41, 5.74) is 8.11. The molecule has 0 radical (unpaired) electrons. The lowest BCUT2D eigenvalue weighted by atomic mass is 10.1. The van der Waals surface area contributed by atoms with Crippen LogP contribution >= 0.6 is 0 Å². The Hall–Kier alpha value is -1.43. The lowest BCUT2D eigenvalue weighted by Gasteiger charge is -2.47. The summed E-state index contributed by atoms with van der Waals surface area (Å²) in [4.78, 5) is 4.50. The molecule has 5 nitrogen and oxygen atoms in total. The van der Waals surface area contributed by atoms with E-state index in [0.29, 0.717) is 30.3 Å². The first-order valence-corrected chi connectivity index (χ1v) is 7.15. The molecule has 1 heterocycles. The van der Waals surface area contributed by atoms with Gasteiger partial charge in [0, 0.05) is 18.4 Å². The van der Waals surface area contributed by atoms with Gasteiger partial charge in [-0.15, -0.1) is 0 Å². The average Bonchev–Trinajstić information content (AvgIpc) is 2.73. The molecule has 1 aromatic carbocycles. The minimum absolute atomic E-state index is 0.0890. The lowest BCUT2D eigenvalue weighted by molar-refractivity contribution is 0.291. The largest absolute Gasteiger partial charge is 0.616 e. The van der Waals surface area contributed by atoms with Crippen molar-refractivity contribution in [2.75, 3.05) is 13.7 Å². The predicted molar refractivity (Wildman–Crippen MR) is 80.9 cm³/mol. The fourth-order valence-electron chi connectivity index (χ4n) is 3.07. The van der Waals surface area contributed by atoms with Crippen molar-refractivity contribution in [1.29, 1.82) is 0 Å². The van der Waals surface area contributed by atoms with Gasteiger partial charge in [0.25, 0.3) is 0 Å². The van der Waals surface area contributed by atoms with Gasteiger partial charge in [-0.3, -0.25) is 10.2 Å². The molecule has 0 fully saturated rings. The Morgan fingerprint density at radius 3 is 2.80 bits per heavy atom. The Bertz CT molecular complexity index is 566. The van der Waals surface area contributed by atoms with Crippen molar-refractivity contribution in [3.8, 4) is 0 Å². The summed E-state index contributed by atoms with van der Waals surface area (Å²) in [5, 5.41) is 21.5. The zero-order valence-electron chi connectivity index (χ0n) is 12.0. The van der Waals surface area contributed by atoms with E-state index < -0.39 is 4.76 Å². The molecular formula is C15H20N3O2-. The number of hydrogen-bond donors (Lipinski definition) is 1. The Kier molecular flexibility index (Phi) is 3.28. The van der Waals surface area contributed by atoms with E-state index in [9.17, 15) is 5.21 Å². The quantitative estimate of drug-likeness (QED) is 0.680. The van der Waals surface area contributed by atoms with Crippen molar-refractivity contribution in [3.05, 3.63) is 33.9 Å². The fourth-order valence-corrected chi connectivity index (χ4v) is 3.07. The van der Waals surface area contributed by atoms with Gasteiger partial charge in [-0.1, -0.05) is 6.92 Å². The van der Waals surface area contributed by atoms with Crippen LogP contribution in [0.15, 0.2) is 17.1 Å². The van der Waals surface area contributed by atoms with Crippen molar-refractivity contribution < 1.29 is 5.11 Å². The third-order valence-electron chi connectivity index (χ3n) is 3.99. The Morgan fingerprint density at radius 1 is 1.40 bits per heavy atom. The standard InChI is InChI=1S/C15H20N3O2/c1-10-6-11-8-13-14(9-12(11)7-10)18(2,20)17-15(16-13)4-3-5-19/h8-10,19H,3-7H2,1-2H3/q-1. The first kappa shape index (κ1) is 13.5. The van der Waals surface area contributed by atoms with Gasteiger partial charge >= 0.3 is 0 Å². The highest BCUT2D eigenvalue weighted by Gasteiger charge is 2.25. The first-order chi connectivity index (χ1) is 9.49. The number of nitrogens with zero attached hydrogens (tertiary/aromatic N) is 3. The van der Waals surface area contributed by atoms with E-state index in [2.05, 4.69) is 23.4 Å². The zero-order valence-corrected chi connectivity index (χ0v) is 12.0. The number of quaternary nitrogens is 1. The molecule has 1 N–H and O–H groups in total. The van der Waals surface area contributed by atoms with Gasteiger partial charge in [0.1, 0.15) is 5.69 Å². The third-order valence-corrected chi connectivity index (χ3v) is 3.99. The van der Waals surface area contributed by atoms with Gasteiger partial charge in [0.2, 0.25) is 0 Å². The molecule has 1 aliphatic carbocycles. The second kappa shape index (κ2) is 4.84. The highest BCUT2D eigenvalue weighted by Crippen LogP contribution is 2.43.